The van der Waals surface area contributed by atoms with Crippen LogP contribution in [0, 0.1) is 0 Å². The largest absolute Gasteiger partial charge is 0.486 e. The van der Waals surface area contributed by atoms with Crippen LogP contribution in [0.1, 0.15) is 0 Å². The van der Waals surface area contributed by atoms with Gasteiger partial charge in [-0.05, 0) is 18.2 Å². The number of nitrogens with zero attached hydrogens (tertiary/aromatic N) is 2. The first-order valence-electron chi connectivity index (χ1n) is 7.56. The minimum atomic E-state index is -0.246. The monoisotopic (exact) mass is 329 g/mol. The van der Waals surface area contributed by atoms with Crippen LogP contribution in [-0.2, 0) is 0 Å². The molecule has 0 bridgehead atoms. The number of urea groups is 1. The normalized spacial score (nSPS) is 15.5. The number of rotatable bonds is 4. The molecular weight excluding hydrogens is 310 g/mol. The third-order valence-electron chi connectivity index (χ3n) is 3.59. The number of carbonyl (C=O) groups is 1. The molecule has 1 atom stereocenters. The highest BCUT2D eigenvalue weighted by atomic mass is 16.6. The zero-order valence-electron chi connectivity index (χ0n) is 13.6. The van der Waals surface area contributed by atoms with Crippen LogP contribution in [0.5, 0.6) is 17.4 Å². The van der Waals surface area contributed by atoms with Gasteiger partial charge in [0, 0.05) is 13.1 Å². The van der Waals surface area contributed by atoms with E-state index in [0.29, 0.717) is 30.5 Å². The van der Waals surface area contributed by atoms with E-state index in [4.69, 9.17) is 14.2 Å². The first-order valence-corrected chi connectivity index (χ1v) is 7.56. The molecule has 0 radical (unpaired) electrons. The van der Waals surface area contributed by atoms with Crippen molar-refractivity contribution in [3.05, 3.63) is 42.6 Å². The number of amides is 2. The molecule has 0 saturated heterocycles. The summed E-state index contributed by atoms with van der Waals surface area (Å²) in [6.07, 6.45) is 1.32. The van der Waals surface area contributed by atoms with Crippen LogP contribution < -0.4 is 19.5 Å². The number of likely N-dealkylation sites (N-methyl/N-ethyl adjacent to an activating group) is 1. The Hall–Kier alpha value is -2.96. The van der Waals surface area contributed by atoms with E-state index >= 15 is 0 Å². The van der Waals surface area contributed by atoms with Crippen molar-refractivity contribution in [3.63, 3.8) is 0 Å². The van der Waals surface area contributed by atoms with E-state index in [0.717, 1.165) is 5.75 Å². The van der Waals surface area contributed by atoms with Gasteiger partial charge in [0.25, 0.3) is 0 Å². The minimum absolute atomic E-state index is 0.218. The topological polar surface area (TPSA) is 72.9 Å². The molecule has 2 amide bonds. The molecule has 1 aliphatic heterocycles. The highest BCUT2D eigenvalue weighted by Gasteiger charge is 2.23. The van der Waals surface area contributed by atoms with Crippen molar-refractivity contribution in [1.29, 1.82) is 0 Å². The Kier molecular flexibility index (Phi) is 4.69. The van der Waals surface area contributed by atoms with Crippen molar-refractivity contribution in [2.75, 3.05) is 32.6 Å². The Labute approximate surface area is 140 Å². The van der Waals surface area contributed by atoms with Gasteiger partial charge in [-0.1, -0.05) is 12.1 Å². The Morgan fingerprint density at radius 3 is 2.83 bits per heavy atom. The predicted octanol–water partition coefficient (Wildman–Crippen LogP) is 2.39. The summed E-state index contributed by atoms with van der Waals surface area (Å²) in [6.45, 7) is 0.808. The summed E-state index contributed by atoms with van der Waals surface area (Å²) in [7, 11) is 3.24. The van der Waals surface area contributed by atoms with E-state index < -0.39 is 0 Å². The average molecular weight is 329 g/mol. The second-order valence-electron chi connectivity index (χ2n) is 5.40. The fourth-order valence-electron chi connectivity index (χ4n) is 2.34. The lowest BCUT2D eigenvalue weighted by Crippen LogP contribution is -2.43. The van der Waals surface area contributed by atoms with Crippen LogP contribution >= 0.6 is 0 Å². The van der Waals surface area contributed by atoms with Crippen molar-refractivity contribution in [3.8, 4) is 17.4 Å². The molecule has 1 N–H and O–H groups in total. The van der Waals surface area contributed by atoms with Gasteiger partial charge >= 0.3 is 6.03 Å². The summed E-state index contributed by atoms with van der Waals surface area (Å²) in [5.41, 5.74) is 0.596. The molecule has 126 valence electrons. The molecule has 24 heavy (non-hydrogen) atoms. The molecule has 0 fully saturated rings. The smallest absolute Gasteiger partial charge is 0.321 e. The van der Waals surface area contributed by atoms with Gasteiger partial charge in [-0.15, -0.1) is 0 Å². The molecule has 3 rings (SSSR count). The van der Waals surface area contributed by atoms with E-state index in [-0.39, 0.29) is 12.1 Å². The van der Waals surface area contributed by atoms with Gasteiger partial charge in [-0.3, -0.25) is 0 Å². The summed E-state index contributed by atoms with van der Waals surface area (Å²) in [5, 5.41) is 2.77. The van der Waals surface area contributed by atoms with Crippen molar-refractivity contribution in [2.45, 2.75) is 6.10 Å². The number of pyridine rings is 1. The SMILES string of the molecule is COc1ccc(NC(=O)N(C)CC2COc3ccccc3O2)cn1. The Morgan fingerprint density at radius 1 is 1.33 bits per heavy atom. The van der Waals surface area contributed by atoms with Gasteiger partial charge in [0.2, 0.25) is 5.88 Å². The number of para-hydroxylation sites is 2. The second kappa shape index (κ2) is 7.08. The summed E-state index contributed by atoms with van der Waals surface area (Å²) >= 11 is 0. The summed E-state index contributed by atoms with van der Waals surface area (Å²) in [6, 6.07) is 10.7. The lowest BCUT2D eigenvalue weighted by atomic mass is 10.2. The highest BCUT2D eigenvalue weighted by molar-refractivity contribution is 5.88. The molecule has 0 aliphatic carbocycles. The number of methoxy groups -OCH3 is 1. The predicted molar refractivity (Wildman–Crippen MR) is 88.8 cm³/mol. The van der Waals surface area contributed by atoms with E-state index in [1.807, 2.05) is 24.3 Å². The lowest BCUT2D eigenvalue weighted by molar-refractivity contribution is 0.0731. The van der Waals surface area contributed by atoms with E-state index in [1.54, 1.807) is 37.4 Å². The zero-order valence-corrected chi connectivity index (χ0v) is 13.6. The molecule has 1 aromatic carbocycles. The Morgan fingerprint density at radius 2 is 2.12 bits per heavy atom. The number of hydrogen-bond donors (Lipinski definition) is 1. The molecule has 2 aromatic rings. The maximum Gasteiger partial charge on any atom is 0.321 e. The maximum atomic E-state index is 12.2. The second-order valence-corrected chi connectivity index (χ2v) is 5.40. The molecule has 1 unspecified atom stereocenters. The molecule has 0 spiro atoms. The summed E-state index contributed by atoms with van der Waals surface area (Å²) in [5.74, 6) is 1.92. The van der Waals surface area contributed by atoms with Crippen molar-refractivity contribution < 1.29 is 19.0 Å². The van der Waals surface area contributed by atoms with Crippen LogP contribution in [0.15, 0.2) is 42.6 Å². The molecule has 0 saturated carbocycles. The Bertz CT molecular complexity index is 705. The lowest BCUT2D eigenvalue weighted by Gasteiger charge is -2.29. The molecule has 7 nitrogen and oxygen atoms in total. The minimum Gasteiger partial charge on any atom is -0.486 e. The van der Waals surface area contributed by atoms with E-state index in [1.165, 1.54) is 0 Å². The quantitative estimate of drug-likeness (QED) is 0.932. The number of ether oxygens (including phenoxy) is 3. The summed E-state index contributed by atoms with van der Waals surface area (Å²) < 4.78 is 16.5. The number of hydrogen-bond acceptors (Lipinski definition) is 5. The fraction of sp³-hybridized carbons (Fsp3) is 0.294. The first kappa shape index (κ1) is 15.9. The molecule has 2 heterocycles. The van der Waals surface area contributed by atoms with Gasteiger partial charge in [0.15, 0.2) is 17.6 Å². The van der Waals surface area contributed by atoms with Crippen molar-refractivity contribution >= 4 is 11.7 Å². The number of aromatic nitrogens is 1. The van der Waals surface area contributed by atoms with Crippen LogP contribution in [0.2, 0.25) is 0 Å². The van der Waals surface area contributed by atoms with Gasteiger partial charge in [-0.25, -0.2) is 9.78 Å². The van der Waals surface area contributed by atoms with Gasteiger partial charge in [0.1, 0.15) is 6.61 Å². The van der Waals surface area contributed by atoms with Crippen LogP contribution in [0.25, 0.3) is 0 Å². The number of fused-ring (bicyclic) bond motifs is 1. The number of anilines is 1. The van der Waals surface area contributed by atoms with Crippen molar-refractivity contribution in [1.82, 2.24) is 9.88 Å². The standard InChI is InChI=1S/C17H19N3O4/c1-20(17(21)19-12-7-8-16(22-2)18-9-12)10-13-11-23-14-5-3-4-6-15(14)24-13/h3-9,13H,10-11H2,1-2H3,(H,19,21). The van der Waals surface area contributed by atoms with Gasteiger partial charge < -0.3 is 24.4 Å². The van der Waals surface area contributed by atoms with Crippen LogP contribution in [-0.4, -0.2) is 49.3 Å². The molecule has 1 aromatic heterocycles. The van der Waals surface area contributed by atoms with E-state index in [9.17, 15) is 4.79 Å². The van der Waals surface area contributed by atoms with Crippen LogP contribution in [0.4, 0.5) is 10.5 Å². The molecule has 1 aliphatic rings. The first-order chi connectivity index (χ1) is 11.7. The van der Waals surface area contributed by atoms with Gasteiger partial charge in [0.05, 0.1) is 25.5 Å². The van der Waals surface area contributed by atoms with Gasteiger partial charge in [-0.2, -0.15) is 0 Å². The molecule has 7 heteroatoms. The van der Waals surface area contributed by atoms with Crippen molar-refractivity contribution in [2.24, 2.45) is 0 Å². The average Bonchev–Trinajstić information content (AvgIpc) is 2.62. The number of carbonyl (C=O) groups excluding carboxylic acids is 1. The third-order valence-corrected chi connectivity index (χ3v) is 3.59. The number of nitrogens with one attached hydrogen (secondary N) is 1. The van der Waals surface area contributed by atoms with Crippen LogP contribution in [0.3, 0.4) is 0 Å². The number of benzene rings is 1. The maximum absolute atomic E-state index is 12.2. The summed E-state index contributed by atoms with van der Waals surface area (Å²) in [4.78, 5) is 17.8. The third kappa shape index (κ3) is 3.68. The van der Waals surface area contributed by atoms with E-state index in [2.05, 4.69) is 10.3 Å². The molecular formula is C17H19N3O4. The Balaban J connectivity index is 1.54. The fourth-order valence-corrected chi connectivity index (χ4v) is 2.34. The zero-order chi connectivity index (χ0) is 16.9. The highest BCUT2D eigenvalue weighted by Crippen LogP contribution is 2.30.